The highest BCUT2D eigenvalue weighted by Gasteiger charge is 2.27. The molecule has 104 valence electrons. The number of nitrogen functional groups attached to an aromatic ring is 1. The van der Waals surface area contributed by atoms with Crippen molar-refractivity contribution in [3.63, 3.8) is 0 Å². The Hall–Kier alpha value is -1.75. The van der Waals surface area contributed by atoms with Gasteiger partial charge in [0.15, 0.2) is 5.75 Å². The first kappa shape index (κ1) is 13.7. The summed E-state index contributed by atoms with van der Waals surface area (Å²) in [6.07, 6.45) is 4.11. The molecular formula is C14H20N2O3. The molecule has 0 spiro atoms. The number of ether oxygens (including phenoxy) is 1. The third-order valence-electron chi connectivity index (χ3n) is 3.69. The van der Waals surface area contributed by atoms with Crippen molar-refractivity contribution in [2.45, 2.75) is 31.8 Å². The Labute approximate surface area is 112 Å². The standard InChI is InChI=1S/C14H20N2O3/c15-8-9-4-1-2-7-12(9)19-13-10(14(17)18)5-3-6-11(13)16/h3,5-6,9,12H,1-2,4,7-8,15-16H2,(H,17,18). The van der Waals surface area contributed by atoms with E-state index >= 15 is 0 Å². The normalized spacial score (nSPS) is 23.0. The predicted octanol–water partition coefficient (Wildman–Crippen LogP) is 1.86. The summed E-state index contributed by atoms with van der Waals surface area (Å²) in [6, 6.07) is 4.78. The molecule has 2 atom stereocenters. The fourth-order valence-electron chi connectivity index (χ4n) is 2.60. The van der Waals surface area contributed by atoms with Crippen molar-refractivity contribution in [2.24, 2.45) is 11.7 Å². The first-order valence-corrected chi connectivity index (χ1v) is 6.62. The van der Waals surface area contributed by atoms with Crippen molar-refractivity contribution in [3.05, 3.63) is 23.8 Å². The van der Waals surface area contributed by atoms with E-state index in [9.17, 15) is 9.90 Å². The van der Waals surface area contributed by atoms with Crippen molar-refractivity contribution in [1.82, 2.24) is 0 Å². The number of benzene rings is 1. The predicted molar refractivity (Wildman–Crippen MR) is 73.2 cm³/mol. The summed E-state index contributed by atoms with van der Waals surface area (Å²) in [5.41, 5.74) is 12.1. The maximum atomic E-state index is 11.2. The quantitative estimate of drug-likeness (QED) is 0.721. The zero-order chi connectivity index (χ0) is 13.8. The largest absolute Gasteiger partial charge is 0.487 e. The Bertz CT molecular complexity index is 462. The molecule has 1 fully saturated rings. The average molecular weight is 264 g/mol. The molecule has 2 unspecified atom stereocenters. The number of rotatable bonds is 4. The minimum absolute atomic E-state index is 0.0402. The van der Waals surface area contributed by atoms with Gasteiger partial charge in [-0.15, -0.1) is 0 Å². The van der Waals surface area contributed by atoms with E-state index in [0.717, 1.165) is 25.7 Å². The molecule has 5 N–H and O–H groups in total. The third kappa shape index (κ3) is 2.98. The van der Waals surface area contributed by atoms with Gasteiger partial charge < -0.3 is 21.3 Å². The van der Waals surface area contributed by atoms with Crippen LogP contribution in [0.25, 0.3) is 0 Å². The van der Waals surface area contributed by atoms with E-state index in [1.165, 1.54) is 6.07 Å². The number of carboxylic acids is 1. The Balaban J connectivity index is 2.24. The van der Waals surface area contributed by atoms with Crippen LogP contribution in [0.1, 0.15) is 36.0 Å². The zero-order valence-corrected chi connectivity index (χ0v) is 10.8. The van der Waals surface area contributed by atoms with Crippen LogP contribution in [0.5, 0.6) is 5.75 Å². The van der Waals surface area contributed by atoms with Crippen molar-refractivity contribution in [2.75, 3.05) is 12.3 Å². The maximum Gasteiger partial charge on any atom is 0.339 e. The van der Waals surface area contributed by atoms with Gasteiger partial charge in [0.1, 0.15) is 11.7 Å². The number of hydrogen-bond donors (Lipinski definition) is 3. The van der Waals surface area contributed by atoms with Gasteiger partial charge in [0.25, 0.3) is 0 Å². The smallest absolute Gasteiger partial charge is 0.339 e. The van der Waals surface area contributed by atoms with Crippen LogP contribution in [0.2, 0.25) is 0 Å². The van der Waals surface area contributed by atoms with Crippen LogP contribution < -0.4 is 16.2 Å². The lowest BCUT2D eigenvalue weighted by Crippen LogP contribution is -2.35. The molecule has 1 aromatic carbocycles. The van der Waals surface area contributed by atoms with Crippen molar-refractivity contribution < 1.29 is 14.6 Å². The zero-order valence-electron chi connectivity index (χ0n) is 10.8. The van der Waals surface area contributed by atoms with E-state index in [0.29, 0.717) is 12.2 Å². The molecule has 1 aliphatic rings. The monoisotopic (exact) mass is 264 g/mol. The minimum atomic E-state index is -1.03. The van der Waals surface area contributed by atoms with E-state index < -0.39 is 5.97 Å². The van der Waals surface area contributed by atoms with Gasteiger partial charge in [-0.1, -0.05) is 12.5 Å². The minimum Gasteiger partial charge on any atom is -0.487 e. The summed E-state index contributed by atoms with van der Waals surface area (Å²) >= 11 is 0. The number of carboxylic acid groups (broad SMARTS) is 1. The van der Waals surface area contributed by atoms with Crippen LogP contribution in [0.4, 0.5) is 5.69 Å². The molecule has 0 heterocycles. The molecule has 5 nitrogen and oxygen atoms in total. The van der Waals surface area contributed by atoms with Crippen molar-refractivity contribution in [3.8, 4) is 5.75 Å². The number of aromatic carboxylic acids is 1. The second-order valence-corrected chi connectivity index (χ2v) is 4.97. The highest BCUT2D eigenvalue weighted by Crippen LogP contribution is 2.33. The van der Waals surface area contributed by atoms with Gasteiger partial charge in [-0.05, 0) is 37.9 Å². The maximum absolute atomic E-state index is 11.2. The molecule has 0 amide bonds. The summed E-state index contributed by atoms with van der Waals surface area (Å²) in [7, 11) is 0. The number of nitrogens with two attached hydrogens (primary N) is 2. The average Bonchev–Trinajstić information content (AvgIpc) is 2.41. The summed E-state index contributed by atoms with van der Waals surface area (Å²) in [5.74, 6) is -0.474. The van der Waals surface area contributed by atoms with Gasteiger partial charge in [-0.2, -0.15) is 0 Å². The van der Waals surface area contributed by atoms with Crippen LogP contribution >= 0.6 is 0 Å². The number of anilines is 1. The first-order chi connectivity index (χ1) is 9.13. The highest BCUT2D eigenvalue weighted by atomic mass is 16.5. The van der Waals surface area contributed by atoms with Gasteiger partial charge in [0.2, 0.25) is 0 Å². The molecule has 1 saturated carbocycles. The van der Waals surface area contributed by atoms with E-state index in [1.807, 2.05) is 0 Å². The molecule has 19 heavy (non-hydrogen) atoms. The molecular weight excluding hydrogens is 244 g/mol. The van der Waals surface area contributed by atoms with Crippen molar-refractivity contribution in [1.29, 1.82) is 0 Å². The molecule has 0 aliphatic heterocycles. The molecule has 1 aromatic rings. The Morgan fingerprint density at radius 3 is 2.79 bits per heavy atom. The van der Waals surface area contributed by atoms with E-state index in [4.69, 9.17) is 16.2 Å². The summed E-state index contributed by atoms with van der Waals surface area (Å²) in [5, 5.41) is 9.18. The topological polar surface area (TPSA) is 98.6 Å². The molecule has 0 bridgehead atoms. The van der Waals surface area contributed by atoms with E-state index in [1.54, 1.807) is 12.1 Å². The first-order valence-electron chi connectivity index (χ1n) is 6.62. The Kier molecular flexibility index (Phi) is 4.27. The summed E-state index contributed by atoms with van der Waals surface area (Å²) < 4.78 is 5.90. The molecule has 1 aliphatic carbocycles. The molecule has 2 rings (SSSR count). The van der Waals surface area contributed by atoms with Crippen molar-refractivity contribution >= 4 is 11.7 Å². The molecule has 0 aromatic heterocycles. The molecule has 0 saturated heterocycles. The SMILES string of the molecule is NCC1CCCCC1Oc1c(N)cccc1C(=O)O. The van der Waals surface area contributed by atoms with Gasteiger partial charge >= 0.3 is 5.97 Å². The van der Waals surface area contributed by atoms with Gasteiger partial charge in [0, 0.05) is 5.92 Å². The fourth-order valence-corrected chi connectivity index (χ4v) is 2.60. The number of para-hydroxylation sites is 1. The lowest BCUT2D eigenvalue weighted by atomic mass is 9.86. The van der Waals surface area contributed by atoms with Gasteiger partial charge in [-0.25, -0.2) is 4.79 Å². The fraction of sp³-hybridized carbons (Fsp3) is 0.500. The van der Waals surface area contributed by atoms with E-state index in [2.05, 4.69) is 0 Å². The Morgan fingerprint density at radius 2 is 2.11 bits per heavy atom. The van der Waals surface area contributed by atoms with Crippen LogP contribution in [0.3, 0.4) is 0 Å². The lowest BCUT2D eigenvalue weighted by molar-refractivity contribution is 0.0671. The number of hydrogen-bond acceptors (Lipinski definition) is 4. The van der Waals surface area contributed by atoms with Crippen LogP contribution in [0, 0.1) is 5.92 Å². The lowest BCUT2D eigenvalue weighted by Gasteiger charge is -2.31. The van der Waals surface area contributed by atoms with Crippen LogP contribution in [-0.2, 0) is 0 Å². The second-order valence-electron chi connectivity index (χ2n) is 4.97. The summed E-state index contributed by atoms with van der Waals surface area (Å²) in [4.78, 5) is 11.2. The highest BCUT2D eigenvalue weighted by molar-refractivity contribution is 5.93. The van der Waals surface area contributed by atoms with Crippen LogP contribution in [0.15, 0.2) is 18.2 Å². The van der Waals surface area contributed by atoms with Gasteiger partial charge in [-0.3, -0.25) is 0 Å². The van der Waals surface area contributed by atoms with E-state index in [-0.39, 0.29) is 23.3 Å². The van der Waals surface area contributed by atoms with Gasteiger partial charge in [0.05, 0.1) is 5.69 Å². The summed E-state index contributed by atoms with van der Waals surface area (Å²) in [6.45, 7) is 0.555. The molecule has 5 heteroatoms. The number of carbonyl (C=O) groups is 1. The second kappa shape index (κ2) is 5.93. The molecule has 0 radical (unpaired) electrons. The Morgan fingerprint density at radius 1 is 1.37 bits per heavy atom. The van der Waals surface area contributed by atoms with Crippen LogP contribution in [-0.4, -0.2) is 23.7 Å². The third-order valence-corrected chi connectivity index (χ3v) is 3.69.